The fraction of sp³-hybridized carbons (Fsp3) is 0.286. The Bertz CT molecular complexity index is 643. The van der Waals surface area contributed by atoms with Crippen molar-refractivity contribution in [2.75, 3.05) is 6.54 Å². The number of nitrogens with zero attached hydrogens (tertiary/aromatic N) is 2. The third-order valence-electron chi connectivity index (χ3n) is 2.51. The zero-order valence-electron chi connectivity index (χ0n) is 11.0. The Balaban J connectivity index is 2.12. The van der Waals surface area contributed by atoms with Gasteiger partial charge in [0.15, 0.2) is 4.34 Å². The SMILES string of the molecule is CCc1nsc(SCc2ccc(F)cc2C#CCN)n1. The van der Waals surface area contributed by atoms with Crippen molar-refractivity contribution in [1.29, 1.82) is 0 Å². The van der Waals surface area contributed by atoms with E-state index in [0.29, 0.717) is 11.3 Å². The van der Waals surface area contributed by atoms with E-state index in [1.165, 1.54) is 23.7 Å². The molecule has 3 nitrogen and oxygen atoms in total. The third-order valence-corrected chi connectivity index (χ3v) is 4.43. The molecule has 0 unspecified atom stereocenters. The molecule has 1 heterocycles. The van der Waals surface area contributed by atoms with E-state index >= 15 is 0 Å². The number of thioether (sulfide) groups is 1. The lowest BCUT2D eigenvalue weighted by atomic mass is 10.1. The maximum Gasteiger partial charge on any atom is 0.170 e. The second-order valence-corrected chi connectivity index (χ2v) is 5.90. The summed E-state index contributed by atoms with van der Waals surface area (Å²) in [4.78, 5) is 4.39. The predicted molar refractivity (Wildman–Crippen MR) is 81.2 cm³/mol. The first kappa shape index (κ1) is 15.0. The zero-order valence-corrected chi connectivity index (χ0v) is 12.7. The van der Waals surface area contributed by atoms with Gasteiger partial charge in [-0.05, 0) is 29.2 Å². The van der Waals surface area contributed by atoms with Gasteiger partial charge in [0.1, 0.15) is 11.6 Å². The van der Waals surface area contributed by atoms with Crippen LogP contribution in [0.1, 0.15) is 23.9 Å². The number of hydrogen-bond acceptors (Lipinski definition) is 5. The first-order valence-corrected chi connectivity index (χ1v) is 7.91. The summed E-state index contributed by atoms with van der Waals surface area (Å²) in [6.07, 6.45) is 0.834. The number of rotatable bonds is 4. The lowest BCUT2D eigenvalue weighted by Gasteiger charge is -2.03. The van der Waals surface area contributed by atoms with Gasteiger partial charge in [0.05, 0.1) is 6.54 Å². The largest absolute Gasteiger partial charge is 0.320 e. The highest BCUT2D eigenvalue weighted by Gasteiger charge is 2.07. The highest BCUT2D eigenvalue weighted by Crippen LogP contribution is 2.26. The van der Waals surface area contributed by atoms with E-state index < -0.39 is 0 Å². The molecule has 0 bridgehead atoms. The van der Waals surface area contributed by atoms with Crippen molar-refractivity contribution in [2.24, 2.45) is 5.73 Å². The van der Waals surface area contributed by atoms with Crippen LogP contribution in [0.15, 0.2) is 22.5 Å². The van der Waals surface area contributed by atoms with Crippen LogP contribution in [0.4, 0.5) is 4.39 Å². The molecule has 0 aliphatic heterocycles. The summed E-state index contributed by atoms with van der Waals surface area (Å²) in [6, 6.07) is 4.64. The number of aromatic nitrogens is 2. The molecule has 0 spiro atoms. The van der Waals surface area contributed by atoms with Crippen molar-refractivity contribution < 1.29 is 4.39 Å². The van der Waals surface area contributed by atoms with Gasteiger partial charge >= 0.3 is 0 Å². The molecule has 2 N–H and O–H groups in total. The van der Waals surface area contributed by atoms with Crippen molar-refractivity contribution in [3.8, 4) is 11.8 Å². The molecular formula is C14H14FN3S2. The van der Waals surface area contributed by atoms with E-state index in [-0.39, 0.29) is 12.4 Å². The molecule has 1 aromatic heterocycles. The van der Waals surface area contributed by atoms with Gasteiger partial charge in [0.25, 0.3) is 0 Å². The Kier molecular flexibility index (Phi) is 5.53. The molecule has 20 heavy (non-hydrogen) atoms. The lowest BCUT2D eigenvalue weighted by molar-refractivity contribution is 0.627. The first-order valence-electron chi connectivity index (χ1n) is 6.15. The molecule has 6 heteroatoms. The van der Waals surface area contributed by atoms with Crippen LogP contribution in [0.5, 0.6) is 0 Å². The van der Waals surface area contributed by atoms with E-state index in [9.17, 15) is 4.39 Å². The molecule has 2 aromatic rings. The van der Waals surface area contributed by atoms with Gasteiger partial charge in [-0.3, -0.25) is 0 Å². The van der Waals surface area contributed by atoms with Gasteiger partial charge in [-0.25, -0.2) is 9.37 Å². The van der Waals surface area contributed by atoms with Crippen LogP contribution < -0.4 is 5.73 Å². The van der Waals surface area contributed by atoms with E-state index in [1.54, 1.807) is 17.8 Å². The number of halogens is 1. The van der Waals surface area contributed by atoms with Crippen LogP contribution in [0.25, 0.3) is 0 Å². The van der Waals surface area contributed by atoms with E-state index in [0.717, 1.165) is 22.1 Å². The minimum Gasteiger partial charge on any atom is -0.320 e. The minimum absolute atomic E-state index is 0.263. The molecular weight excluding hydrogens is 293 g/mol. The molecule has 1 aromatic carbocycles. The summed E-state index contributed by atoms with van der Waals surface area (Å²) >= 11 is 2.98. The average molecular weight is 307 g/mol. The third kappa shape index (κ3) is 4.04. The number of aryl methyl sites for hydroxylation is 1. The fourth-order valence-electron chi connectivity index (χ4n) is 1.52. The highest BCUT2D eigenvalue weighted by molar-refractivity contribution is 8.00. The van der Waals surface area contributed by atoms with Crippen LogP contribution in [0.3, 0.4) is 0 Å². The van der Waals surface area contributed by atoms with Crippen molar-refractivity contribution in [3.05, 3.63) is 41.0 Å². The summed E-state index contributed by atoms with van der Waals surface area (Å²) < 4.78 is 18.4. The monoisotopic (exact) mass is 307 g/mol. The molecule has 0 atom stereocenters. The van der Waals surface area contributed by atoms with Crippen molar-refractivity contribution in [2.45, 2.75) is 23.4 Å². The number of benzene rings is 1. The van der Waals surface area contributed by atoms with Crippen molar-refractivity contribution in [3.63, 3.8) is 0 Å². The molecule has 0 radical (unpaired) electrons. The Morgan fingerprint density at radius 2 is 2.30 bits per heavy atom. The predicted octanol–water partition coefficient (Wildman–Crippen LogP) is 2.84. The van der Waals surface area contributed by atoms with Gasteiger partial charge in [-0.2, -0.15) is 4.37 Å². The smallest absolute Gasteiger partial charge is 0.170 e. The van der Waals surface area contributed by atoms with Crippen LogP contribution in [-0.2, 0) is 12.2 Å². The Morgan fingerprint density at radius 3 is 3.00 bits per heavy atom. The van der Waals surface area contributed by atoms with Gasteiger partial charge in [-0.15, -0.1) is 0 Å². The number of nitrogens with two attached hydrogens (primary N) is 1. The van der Waals surface area contributed by atoms with Crippen molar-refractivity contribution in [1.82, 2.24) is 9.36 Å². The fourth-order valence-corrected chi connectivity index (χ4v) is 3.22. The molecule has 0 saturated carbocycles. The zero-order chi connectivity index (χ0) is 14.4. The minimum atomic E-state index is -0.288. The van der Waals surface area contributed by atoms with Crippen LogP contribution in [0.2, 0.25) is 0 Å². The van der Waals surface area contributed by atoms with Crippen LogP contribution in [-0.4, -0.2) is 15.9 Å². The Morgan fingerprint density at radius 1 is 1.45 bits per heavy atom. The molecule has 0 amide bonds. The van der Waals surface area contributed by atoms with Gasteiger partial charge < -0.3 is 5.73 Å². The van der Waals surface area contributed by atoms with E-state index in [4.69, 9.17) is 5.73 Å². The number of hydrogen-bond donors (Lipinski definition) is 1. The maximum absolute atomic E-state index is 13.3. The topological polar surface area (TPSA) is 51.8 Å². The van der Waals surface area contributed by atoms with Gasteiger partial charge in [0, 0.05) is 17.7 Å². The molecule has 0 fully saturated rings. The summed E-state index contributed by atoms with van der Waals surface area (Å²) in [5.41, 5.74) is 7.02. The molecule has 0 aliphatic rings. The molecule has 104 valence electrons. The molecule has 0 aliphatic carbocycles. The summed E-state index contributed by atoms with van der Waals surface area (Å²) in [5, 5.41) is 0. The summed E-state index contributed by atoms with van der Waals surface area (Å²) in [7, 11) is 0. The quantitative estimate of drug-likeness (QED) is 0.697. The summed E-state index contributed by atoms with van der Waals surface area (Å²) in [5.74, 6) is 6.93. The van der Waals surface area contributed by atoms with Crippen LogP contribution in [0, 0.1) is 17.7 Å². The Labute approximate surface area is 126 Å². The van der Waals surface area contributed by atoms with Gasteiger partial charge in [0.2, 0.25) is 0 Å². The second-order valence-electron chi connectivity index (χ2n) is 3.93. The van der Waals surface area contributed by atoms with Crippen molar-refractivity contribution >= 4 is 23.3 Å². The average Bonchev–Trinajstić information content (AvgIpc) is 2.92. The van der Waals surface area contributed by atoms with Gasteiger partial charge in [-0.1, -0.05) is 36.6 Å². The van der Waals surface area contributed by atoms with E-state index in [1.807, 2.05) is 6.92 Å². The lowest BCUT2D eigenvalue weighted by Crippen LogP contribution is -1.95. The second kappa shape index (κ2) is 7.39. The molecule has 0 saturated heterocycles. The maximum atomic E-state index is 13.3. The van der Waals surface area contributed by atoms with Crippen LogP contribution >= 0.6 is 23.3 Å². The molecule has 2 rings (SSSR count). The standard InChI is InChI=1S/C14H14FN3S2/c1-2-13-17-14(20-18-13)19-9-11-5-6-12(15)8-10(11)4-3-7-16/h5-6,8H,2,7,9,16H2,1H3. The first-order chi connectivity index (χ1) is 9.72. The summed E-state index contributed by atoms with van der Waals surface area (Å²) in [6.45, 7) is 2.29. The normalized spacial score (nSPS) is 10.2. The van der Waals surface area contributed by atoms with E-state index in [2.05, 4.69) is 21.2 Å². The Hall–Kier alpha value is -1.42. The highest BCUT2D eigenvalue weighted by atomic mass is 32.2.